The van der Waals surface area contributed by atoms with Gasteiger partial charge in [0.1, 0.15) is 11.6 Å². The van der Waals surface area contributed by atoms with E-state index in [1.165, 1.54) is 17.7 Å². The van der Waals surface area contributed by atoms with Crippen LogP contribution < -0.4 is 5.32 Å². The summed E-state index contributed by atoms with van der Waals surface area (Å²) >= 11 is 0. The molecule has 1 N–H and O–H groups in total. The van der Waals surface area contributed by atoms with Gasteiger partial charge < -0.3 is 5.32 Å². The van der Waals surface area contributed by atoms with Crippen molar-refractivity contribution >= 4 is 5.69 Å². The molecule has 1 nitrogen and oxygen atoms in total. The molecule has 0 spiro atoms. The quantitative estimate of drug-likeness (QED) is 0.862. The third kappa shape index (κ3) is 2.46. The van der Waals surface area contributed by atoms with Crippen LogP contribution in [0, 0.1) is 11.6 Å². The van der Waals surface area contributed by atoms with Crippen molar-refractivity contribution in [3.8, 4) is 0 Å². The van der Waals surface area contributed by atoms with Crippen molar-refractivity contribution in [1.29, 1.82) is 0 Å². The Morgan fingerprint density at radius 3 is 2.84 bits per heavy atom. The van der Waals surface area contributed by atoms with Gasteiger partial charge in [-0.3, -0.25) is 0 Å². The molecule has 0 unspecified atom stereocenters. The summed E-state index contributed by atoms with van der Waals surface area (Å²) in [5.74, 6) is -0.734. The number of halogens is 2. The average Bonchev–Trinajstić information content (AvgIpc) is 2.43. The molecule has 0 bridgehead atoms. The van der Waals surface area contributed by atoms with Crippen LogP contribution in [0.4, 0.5) is 14.5 Å². The van der Waals surface area contributed by atoms with Crippen LogP contribution in [-0.4, -0.2) is 6.54 Å². The molecule has 0 saturated heterocycles. The summed E-state index contributed by atoms with van der Waals surface area (Å²) in [6.07, 6.45) is 2.51. The van der Waals surface area contributed by atoms with Gasteiger partial charge in [-0.15, -0.1) is 0 Å². The summed E-state index contributed by atoms with van der Waals surface area (Å²) in [7, 11) is 0. The molecule has 98 valence electrons. The highest BCUT2D eigenvalue weighted by Gasteiger charge is 2.14. The van der Waals surface area contributed by atoms with Gasteiger partial charge in [0.15, 0.2) is 0 Å². The van der Waals surface area contributed by atoms with Crippen molar-refractivity contribution in [2.24, 2.45) is 0 Å². The zero-order valence-corrected chi connectivity index (χ0v) is 10.5. The van der Waals surface area contributed by atoms with Gasteiger partial charge in [-0.25, -0.2) is 8.78 Å². The fraction of sp³-hybridized carbons (Fsp3) is 0.250. The molecule has 3 heteroatoms. The SMILES string of the molecule is Fc1ccc(F)c(Cc2cccc3c2CCCN3)c1. The number of rotatable bonds is 2. The predicted molar refractivity (Wildman–Crippen MR) is 72.4 cm³/mol. The van der Waals surface area contributed by atoms with Crippen molar-refractivity contribution < 1.29 is 8.78 Å². The second-order valence-electron chi connectivity index (χ2n) is 4.89. The van der Waals surface area contributed by atoms with Gasteiger partial charge in [0.2, 0.25) is 0 Å². The fourth-order valence-electron chi connectivity index (χ4n) is 2.63. The lowest BCUT2D eigenvalue weighted by atomic mass is 9.93. The lowest BCUT2D eigenvalue weighted by Gasteiger charge is -2.21. The number of fused-ring (bicyclic) bond motifs is 1. The Labute approximate surface area is 111 Å². The summed E-state index contributed by atoms with van der Waals surface area (Å²) in [6.45, 7) is 0.977. The van der Waals surface area contributed by atoms with Gasteiger partial charge in [-0.2, -0.15) is 0 Å². The monoisotopic (exact) mass is 259 g/mol. The first-order valence-corrected chi connectivity index (χ1v) is 6.52. The van der Waals surface area contributed by atoms with Crippen LogP contribution in [0.25, 0.3) is 0 Å². The van der Waals surface area contributed by atoms with E-state index < -0.39 is 0 Å². The summed E-state index contributed by atoms with van der Waals surface area (Å²) in [6, 6.07) is 9.63. The minimum absolute atomic E-state index is 0.345. The van der Waals surface area contributed by atoms with Crippen molar-refractivity contribution in [2.45, 2.75) is 19.3 Å². The molecule has 0 radical (unpaired) electrons. The Morgan fingerprint density at radius 1 is 1.05 bits per heavy atom. The highest BCUT2D eigenvalue weighted by molar-refractivity contribution is 5.57. The lowest BCUT2D eigenvalue weighted by molar-refractivity contribution is 0.588. The third-order valence-corrected chi connectivity index (χ3v) is 3.58. The molecular weight excluding hydrogens is 244 g/mol. The van der Waals surface area contributed by atoms with Crippen molar-refractivity contribution in [3.63, 3.8) is 0 Å². The van der Waals surface area contributed by atoms with E-state index in [0.29, 0.717) is 12.0 Å². The molecule has 0 amide bonds. The summed E-state index contributed by atoms with van der Waals surface area (Å²) in [4.78, 5) is 0. The molecule has 19 heavy (non-hydrogen) atoms. The second-order valence-corrected chi connectivity index (χ2v) is 4.89. The molecular formula is C16H15F2N. The number of nitrogens with one attached hydrogen (secondary N) is 1. The average molecular weight is 259 g/mol. The van der Waals surface area contributed by atoms with Crippen LogP contribution in [0.2, 0.25) is 0 Å². The Balaban J connectivity index is 1.97. The zero-order chi connectivity index (χ0) is 13.2. The Hall–Kier alpha value is -1.90. The lowest BCUT2D eigenvalue weighted by Crippen LogP contribution is -2.13. The van der Waals surface area contributed by atoms with Gasteiger partial charge in [0.05, 0.1) is 0 Å². The van der Waals surface area contributed by atoms with Crippen LogP contribution in [0.1, 0.15) is 23.1 Å². The van der Waals surface area contributed by atoms with E-state index in [-0.39, 0.29) is 11.6 Å². The van der Waals surface area contributed by atoms with E-state index in [1.54, 1.807) is 0 Å². The molecule has 1 aliphatic heterocycles. The molecule has 0 aliphatic carbocycles. The van der Waals surface area contributed by atoms with Crippen LogP contribution in [0.15, 0.2) is 36.4 Å². The van der Waals surface area contributed by atoms with Crippen LogP contribution in [-0.2, 0) is 12.8 Å². The van der Waals surface area contributed by atoms with E-state index in [2.05, 4.69) is 5.32 Å². The van der Waals surface area contributed by atoms with Crippen LogP contribution in [0.3, 0.4) is 0 Å². The van der Waals surface area contributed by atoms with Gasteiger partial charge in [-0.1, -0.05) is 12.1 Å². The molecule has 0 atom stereocenters. The number of hydrogen-bond acceptors (Lipinski definition) is 1. The summed E-state index contributed by atoms with van der Waals surface area (Å²) in [5, 5.41) is 3.35. The topological polar surface area (TPSA) is 12.0 Å². The first-order valence-electron chi connectivity index (χ1n) is 6.52. The van der Waals surface area contributed by atoms with Crippen molar-refractivity contribution in [3.05, 3.63) is 64.7 Å². The maximum atomic E-state index is 13.7. The number of anilines is 1. The largest absolute Gasteiger partial charge is 0.385 e. The Kier molecular flexibility index (Phi) is 3.20. The normalized spacial score (nSPS) is 13.8. The Morgan fingerprint density at radius 2 is 1.95 bits per heavy atom. The third-order valence-electron chi connectivity index (χ3n) is 3.58. The van der Waals surface area contributed by atoms with Gasteiger partial charge in [0.25, 0.3) is 0 Å². The van der Waals surface area contributed by atoms with E-state index in [0.717, 1.165) is 36.7 Å². The molecule has 0 saturated carbocycles. The van der Waals surface area contributed by atoms with Gasteiger partial charge in [-0.05, 0) is 53.8 Å². The first kappa shape index (κ1) is 12.2. The van der Waals surface area contributed by atoms with E-state index >= 15 is 0 Å². The maximum absolute atomic E-state index is 13.7. The van der Waals surface area contributed by atoms with Gasteiger partial charge in [0, 0.05) is 18.7 Å². The van der Waals surface area contributed by atoms with Crippen LogP contribution in [0.5, 0.6) is 0 Å². The van der Waals surface area contributed by atoms with Crippen molar-refractivity contribution in [2.75, 3.05) is 11.9 Å². The number of benzene rings is 2. The van der Waals surface area contributed by atoms with E-state index in [1.807, 2.05) is 18.2 Å². The molecule has 1 aliphatic rings. The van der Waals surface area contributed by atoms with Gasteiger partial charge >= 0.3 is 0 Å². The summed E-state index contributed by atoms with van der Waals surface area (Å²) in [5.41, 5.74) is 3.85. The highest BCUT2D eigenvalue weighted by Crippen LogP contribution is 2.27. The van der Waals surface area contributed by atoms with Crippen LogP contribution >= 0.6 is 0 Å². The minimum Gasteiger partial charge on any atom is -0.385 e. The molecule has 0 aromatic heterocycles. The van der Waals surface area contributed by atoms with E-state index in [9.17, 15) is 8.78 Å². The standard InChI is InChI=1S/C16H15F2N/c17-13-6-7-15(18)12(10-13)9-11-3-1-5-16-14(11)4-2-8-19-16/h1,3,5-7,10,19H,2,4,8-9H2. The highest BCUT2D eigenvalue weighted by atomic mass is 19.1. The first-order chi connectivity index (χ1) is 9.24. The molecule has 3 rings (SSSR count). The fourth-order valence-corrected chi connectivity index (χ4v) is 2.63. The second kappa shape index (κ2) is 5.00. The predicted octanol–water partition coefficient (Wildman–Crippen LogP) is 3.91. The molecule has 1 heterocycles. The zero-order valence-electron chi connectivity index (χ0n) is 10.5. The molecule has 0 fully saturated rings. The molecule has 2 aromatic rings. The Bertz CT molecular complexity index is 608. The number of hydrogen-bond donors (Lipinski definition) is 1. The van der Waals surface area contributed by atoms with Crippen molar-refractivity contribution in [1.82, 2.24) is 0 Å². The van der Waals surface area contributed by atoms with E-state index in [4.69, 9.17) is 0 Å². The summed E-state index contributed by atoms with van der Waals surface area (Å²) < 4.78 is 26.9. The molecule has 2 aromatic carbocycles. The minimum atomic E-state index is -0.390. The maximum Gasteiger partial charge on any atom is 0.126 e. The smallest absolute Gasteiger partial charge is 0.126 e.